The number of hydrogen-bond donors (Lipinski definition) is 1. The second-order valence-corrected chi connectivity index (χ2v) is 5.10. The van der Waals surface area contributed by atoms with Gasteiger partial charge in [0, 0.05) is 10.7 Å². The first-order valence-corrected chi connectivity index (χ1v) is 7.22. The topological polar surface area (TPSA) is 12.0 Å². The second-order valence-electron chi connectivity index (χ2n) is 4.67. The summed E-state index contributed by atoms with van der Waals surface area (Å²) in [5, 5.41) is 4.43. The fourth-order valence-corrected chi connectivity index (χ4v) is 2.40. The number of anilines is 1. The summed E-state index contributed by atoms with van der Waals surface area (Å²) in [5.74, 6) is 0. The molecule has 0 saturated heterocycles. The molecule has 0 amide bonds. The Morgan fingerprint density at radius 2 is 1.68 bits per heavy atom. The van der Waals surface area contributed by atoms with Gasteiger partial charge in [0.25, 0.3) is 0 Å². The lowest BCUT2D eigenvalue weighted by atomic mass is 10.0. The number of nitrogens with one attached hydrogen (secondary N) is 1. The van der Waals surface area contributed by atoms with Crippen LogP contribution in [0.25, 0.3) is 0 Å². The van der Waals surface area contributed by atoms with Gasteiger partial charge in [0.1, 0.15) is 0 Å². The Hall–Kier alpha value is -1.47. The van der Waals surface area contributed by atoms with E-state index in [2.05, 4.69) is 55.6 Å². The van der Waals surface area contributed by atoms with Gasteiger partial charge in [-0.05, 0) is 42.2 Å². The molecule has 0 aromatic heterocycles. The summed E-state index contributed by atoms with van der Waals surface area (Å²) in [6.45, 7) is 4.38. The third-order valence-corrected chi connectivity index (χ3v) is 3.66. The quantitative estimate of drug-likeness (QED) is 0.762. The molecule has 2 rings (SSSR count). The van der Waals surface area contributed by atoms with Crippen LogP contribution in [0.2, 0.25) is 5.02 Å². The Labute approximate surface area is 120 Å². The number of benzene rings is 2. The molecule has 1 atom stereocenters. The average molecular weight is 274 g/mol. The molecule has 0 bridgehead atoms. The highest BCUT2D eigenvalue weighted by molar-refractivity contribution is 6.30. The molecular formula is C17H20ClN. The van der Waals surface area contributed by atoms with Gasteiger partial charge >= 0.3 is 0 Å². The molecule has 2 heteroatoms. The third-order valence-electron chi connectivity index (χ3n) is 3.41. The van der Waals surface area contributed by atoms with Crippen molar-refractivity contribution in [2.24, 2.45) is 0 Å². The summed E-state index contributed by atoms with van der Waals surface area (Å²) in [4.78, 5) is 0. The molecule has 1 N–H and O–H groups in total. The zero-order chi connectivity index (χ0) is 13.7. The molecule has 19 heavy (non-hydrogen) atoms. The molecule has 0 heterocycles. The van der Waals surface area contributed by atoms with Crippen molar-refractivity contribution >= 4 is 17.3 Å². The molecule has 0 saturated carbocycles. The smallest absolute Gasteiger partial charge is 0.0511 e. The highest BCUT2D eigenvalue weighted by Crippen LogP contribution is 2.26. The molecule has 2 aromatic rings. The Morgan fingerprint density at radius 1 is 1.00 bits per heavy atom. The Balaban J connectivity index is 2.21. The summed E-state index contributed by atoms with van der Waals surface area (Å²) in [5.41, 5.74) is 3.86. The van der Waals surface area contributed by atoms with Crippen LogP contribution in [-0.4, -0.2) is 0 Å². The lowest BCUT2D eigenvalue weighted by Gasteiger charge is -2.21. The van der Waals surface area contributed by atoms with Crippen LogP contribution in [-0.2, 0) is 6.42 Å². The predicted octanol–water partition coefficient (Wildman–Crippen LogP) is 5.47. The van der Waals surface area contributed by atoms with E-state index in [1.165, 1.54) is 16.8 Å². The minimum absolute atomic E-state index is 0.324. The van der Waals surface area contributed by atoms with E-state index in [0.29, 0.717) is 6.04 Å². The zero-order valence-corrected chi connectivity index (χ0v) is 12.2. The van der Waals surface area contributed by atoms with Gasteiger partial charge in [0.2, 0.25) is 0 Å². The SMILES string of the molecule is CCc1ccccc1NC(CC)c1ccc(Cl)cc1. The summed E-state index contributed by atoms with van der Waals surface area (Å²) >= 11 is 5.95. The molecule has 0 aliphatic rings. The maximum absolute atomic E-state index is 5.95. The summed E-state index contributed by atoms with van der Waals surface area (Å²) in [7, 11) is 0. The lowest BCUT2D eigenvalue weighted by Crippen LogP contribution is -2.10. The minimum atomic E-state index is 0.324. The van der Waals surface area contributed by atoms with Crippen LogP contribution >= 0.6 is 11.6 Å². The maximum Gasteiger partial charge on any atom is 0.0511 e. The number of halogens is 1. The highest BCUT2D eigenvalue weighted by atomic mass is 35.5. The van der Waals surface area contributed by atoms with Crippen molar-refractivity contribution in [1.82, 2.24) is 0 Å². The molecule has 0 spiro atoms. The fraction of sp³-hybridized carbons (Fsp3) is 0.294. The Bertz CT molecular complexity index is 519. The van der Waals surface area contributed by atoms with Crippen LogP contribution in [0.3, 0.4) is 0 Å². The molecule has 1 nitrogen and oxygen atoms in total. The first-order chi connectivity index (χ1) is 9.24. The first kappa shape index (κ1) is 14.0. The van der Waals surface area contributed by atoms with Crippen LogP contribution in [0.5, 0.6) is 0 Å². The summed E-state index contributed by atoms with van der Waals surface area (Å²) < 4.78 is 0. The second kappa shape index (κ2) is 6.63. The lowest BCUT2D eigenvalue weighted by molar-refractivity contribution is 0.747. The van der Waals surface area contributed by atoms with Crippen molar-refractivity contribution in [2.75, 3.05) is 5.32 Å². The maximum atomic E-state index is 5.95. The standard InChI is InChI=1S/C17H20ClN/c1-3-13-7-5-6-8-17(13)19-16(4-2)14-9-11-15(18)12-10-14/h5-12,16,19H,3-4H2,1-2H3. The first-order valence-electron chi connectivity index (χ1n) is 6.84. The zero-order valence-electron chi connectivity index (χ0n) is 11.5. The van der Waals surface area contributed by atoms with Crippen molar-refractivity contribution in [3.63, 3.8) is 0 Å². The highest BCUT2D eigenvalue weighted by Gasteiger charge is 2.10. The number of rotatable bonds is 5. The molecular weight excluding hydrogens is 254 g/mol. The third kappa shape index (κ3) is 3.51. The molecule has 0 aliphatic heterocycles. The van der Waals surface area contributed by atoms with E-state index in [1.54, 1.807) is 0 Å². The normalized spacial score (nSPS) is 12.2. The molecule has 0 aliphatic carbocycles. The van der Waals surface area contributed by atoms with Crippen LogP contribution in [0, 0.1) is 0 Å². The molecule has 100 valence electrons. The van der Waals surface area contributed by atoms with E-state index in [4.69, 9.17) is 11.6 Å². The molecule has 2 aromatic carbocycles. The van der Waals surface area contributed by atoms with Crippen molar-refractivity contribution in [3.05, 3.63) is 64.7 Å². The van der Waals surface area contributed by atoms with E-state index in [1.807, 2.05) is 12.1 Å². The van der Waals surface area contributed by atoms with Crippen molar-refractivity contribution in [3.8, 4) is 0 Å². The van der Waals surface area contributed by atoms with Crippen molar-refractivity contribution < 1.29 is 0 Å². The van der Waals surface area contributed by atoms with E-state index >= 15 is 0 Å². The number of hydrogen-bond acceptors (Lipinski definition) is 1. The largest absolute Gasteiger partial charge is 0.378 e. The van der Waals surface area contributed by atoms with Gasteiger partial charge in [-0.25, -0.2) is 0 Å². The Kier molecular flexibility index (Phi) is 4.86. The Morgan fingerprint density at radius 3 is 2.32 bits per heavy atom. The van der Waals surface area contributed by atoms with Crippen LogP contribution in [0.1, 0.15) is 37.4 Å². The van der Waals surface area contributed by atoms with E-state index in [-0.39, 0.29) is 0 Å². The molecule has 0 fully saturated rings. The van der Waals surface area contributed by atoms with E-state index in [0.717, 1.165) is 17.9 Å². The van der Waals surface area contributed by atoms with Crippen molar-refractivity contribution in [1.29, 1.82) is 0 Å². The van der Waals surface area contributed by atoms with Gasteiger partial charge in [0.05, 0.1) is 6.04 Å². The van der Waals surface area contributed by atoms with Gasteiger partial charge in [-0.15, -0.1) is 0 Å². The predicted molar refractivity (Wildman–Crippen MR) is 83.9 cm³/mol. The van der Waals surface area contributed by atoms with Gasteiger partial charge in [-0.2, -0.15) is 0 Å². The fourth-order valence-electron chi connectivity index (χ4n) is 2.27. The number of aryl methyl sites for hydroxylation is 1. The van der Waals surface area contributed by atoms with Gasteiger partial charge in [0.15, 0.2) is 0 Å². The van der Waals surface area contributed by atoms with Crippen molar-refractivity contribution in [2.45, 2.75) is 32.7 Å². The van der Waals surface area contributed by atoms with Crippen LogP contribution in [0.15, 0.2) is 48.5 Å². The number of para-hydroxylation sites is 1. The summed E-state index contributed by atoms with van der Waals surface area (Å²) in [6.07, 6.45) is 2.08. The van der Waals surface area contributed by atoms with Gasteiger partial charge in [-0.1, -0.05) is 55.8 Å². The monoisotopic (exact) mass is 273 g/mol. The van der Waals surface area contributed by atoms with Gasteiger partial charge < -0.3 is 5.32 Å². The minimum Gasteiger partial charge on any atom is -0.378 e. The molecule has 0 radical (unpaired) electrons. The molecule has 1 unspecified atom stereocenters. The average Bonchev–Trinajstić information content (AvgIpc) is 2.46. The van der Waals surface area contributed by atoms with E-state index < -0.39 is 0 Å². The summed E-state index contributed by atoms with van der Waals surface area (Å²) in [6, 6.07) is 16.9. The van der Waals surface area contributed by atoms with Crippen LogP contribution < -0.4 is 5.32 Å². The van der Waals surface area contributed by atoms with E-state index in [9.17, 15) is 0 Å². The van der Waals surface area contributed by atoms with Gasteiger partial charge in [-0.3, -0.25) is 0 Å². The van der Waals surface area contributed by atoms with Crippen LogP contribution in [0.4, 0.5) is 5.69 Å².